The van der Waals surface area contributed by atoms with Crippen LogP contribution >= 0.6 is 0 Å². The van der Waals surface area contributed by atoms with Crippen molar-refractivity contribution >= 4 is 17.8 Å². The first-order valence-electron chi connectivity index (χ1n) is 12.1. The SMILES string of the molecule is Cc1ccc(-n2cc(-c3ccccc3)nc2NC(=O)CN(CC2CCCO2)C(=O)C2CC2)cc1F. The maximum Gasteiger partial charge on any atom is 0.246 e. The first-order chi connectivity index (χ1) is 17.0. The van der Waals surface area contributed by atoms with Crippen molar-refractivity contribution in [3.05, 3.63) is 66.1 Å². The molecule has 2 amide bonds. The van der Waals surface area contributed by atoms with Crippen molar-refractivity contribution in [3.8, 4) is 16.9 Å². The normalized spacial score (nSPS) is 17.4. The third kappa shape index (κ3) is 5.43. The predicted octanol–water partition coefficient (Wildman–Crippen LogP) is 4.34. The highest BCUT2D eigenvalue weighted by Crippen LogP contribution is 2.31. The maximum atomic E-state index is 14.3. The van der Waals surface area contributed by atoms with Gasteiger partial charge in [-0.15, -0.1) is 0 Å². The lowest BCUT2D eigenvalue weighted by atomic mass is 10.2. The Morgan fingerprint density at radius 1 is 1.17 bits per heavy atom. The van der Waals surface area contributed by atoms with Crippen LogP contribution in [-0.4, -0.2) is 52.1 Å². The molecule has 0 radical (unpaired) electrons. The van der Waals surface area contributed by atoms with E-state index in [-0.39, 0.29) is 42.1 Å². The van der Waals surface area contributed by atoms with Crippen LogP contribution in [0.3, 0.4) is 0 Å². The summed E-state index contributed by atoms with van der Waals surface area (Å²) in [6, 6.07) is 14.5. The van der Waals surface area contributed by atoms with Gasteiger partial charge in [0.15, 0.2) is 0 Å². The first kappa shape index (κ1) is 23.2. The summed E-state index contributed by atoms with van der Waals surface area (Å²) in [6.07, 6.45) is 5.33. The summed E-state index contributed by atoms with van der Waals surface area (Å²) in [7, 11) is 0. The van der Waals surface area contributed by atoms with Gasteiger partial charge >= 0.3 is 0 Å². The van der Waals surface area contributed by atoms with Crippen molar-refractivity contribution in [1.29, 1.82) is 0 Å². The summed E-state index contributed by atoms with van der Waals surface area (Å²) < 4.78 is 21.7. The van der Waals surface area contributed by atoms with E-state index in [4.69, 9.17) is 4.74 Å². The van der Waals surface area contributed by atoms with Gasteiger partial charge in [0, 0.05) is 30.8 Å². The molecular weight excluding hydrogens is 447 g/mol. The molecule has 1 aromatic heterocycles. The van der Waals surface area contributed by atoms with Crippen molar-refractivity contribution in [2.24, 2.45) is 5.92 Å². The zero-order chi connectivity index (χ0) is 24.4. The molecule has 1 unspecified atom stereocenters. The van der Waals surface area contributed by atoms with Crippen molar-refractivity contribution in [2.45, 2.75) is 38.7 Å². The number of rotatable bonds is 8. The molecule has 1 N–H and O–H groups in total. The highest BCUT2D eigenvalue weighted by atomic mass is 19.1. The monoisotopic (exact) mass is 476 g/mol. The highest BCUT2D eigenvalue weighted by molar-refractivity contribution is 5.94. The summed E-state index contributed by atoms with van der Waals surface area (Å²) in [5.74, 6) is -0.410. The second kappa shape index (κ2) is 10.00. The number of hydrogen-bond donors (Lipinski definition) is 1. The van der Waals surface area contributed by atoms with E-state index in [0.717, 1.165) is 31.2 Å². The number of carbonyl (C=O) groups excluding carboxylic acids is 2. The minimum atomic E-state index is -0.351. The predicted molar refractivity (Wildman–Crippen MR) is 131 cm³/mol. The van der Waals surface area contributed by atoms with E-state index in [2.05, 4.69) is 10.3 Å². The lowest BCUT2D eigenvalue weighted by molar-refractivity contribution is -0.137. The number of ether oxygens (including phenoxy) is 1. The van der Waals surface area contributed by atoms with Gasteiger partial charge in [-0.05, 0) is 50.3 Å². The van der Waals surface area contributed by atoms with Gasteiger partial charge in [-0.25, -0.2) is 9.37 Å². The second-order valence-electron chi connectivity index (χ2n) is 9.30. The zero-order valence-corrected chi connectivity index (χ0v) is 19.7. The number of nitrogens with zero attached hydrogens (tertiary/aromatic N) is 3. The van der Waals surface area contributed by atoms with Crippen LogP contribution in [0.5, 0.6) is 0 Å². The Balaban J connectivity index is 1.40. The van der Waals surface area contributed by atoms with Crippen molar-refractivity contribution < 1.29 is 18.7 Å². The van der Waals surface area contributed by atoms with Gasteiger partial charge in [0.1, 0.15) is 12.4 Å². The second-order valence-corrected chi connectivity index (χ2v) is 9.30. The minimum absolute atomic E-state index is 0.00423. The molecular formula is C27H29FN4O3. The van der Waals surface area contributed by atoms with Gasteiger partial charge in [0.2, 0.25) is 17.8 Å². The summed E-state index contributed by atoms with van der Waals surface area (Å²) in [5, 5.41) is 2.86. The number of imidazole rings is 1. The van der Waals surface area contributed by atoms with Crippen LogP contribution in [0, 0.1) is 18.7 Å². The van der Waals surface area contributed by atoms with Crippen LogP contribution in [0.15, 0.2) is 54.7 Å². The molecule has 2 heterocycles. The lowest BCUT2D eigenvalue weighted by Crippen LogP contribution is -2.43. The van der Waals surface area contributed by atoms with Crippen LogP contribution < -0.4 is 5.32 Å². The molecule has 5 rings (SSSR count). The van der Waals surface area contributed by atoms with Gasteiger partial charge in [0.25, 0.3) is 0 Å². The third-order valence-electron chi connectivity index (χ3n) is 6.48. The zero-order valence-electron chi connectivity index (χ0n) is 19.7. The van der Waals surface area contributed by atoms with Crippen molar-refractivity contribution in [3.63, 3.8) is 0 Å². The minimum Gasteiger partial charge on any atom is -0.376 e. The Bertz CT molecular complexity index is 1220. The van der Waals surface area contributed by atoms with Gasteiger partial charge in [0.05, 0.1) is 17.5 Å². The number of anilines is 1. The Kier molecular flexibility index (Phi) is 6.63. The van der Waals surface area contributed by atoms with E-state index in [1.165, 1.54) is 6.07 Å². The molecule has 1 saturated carbocycles. The smallest absolute Gasteiger partial charge is 0.246 e. The van der Waals surface area contributed by atoms with Gasteiger partial charge in [-0.1, -0.05) is 36.4 Å². The molecule has 35 heavy (non-hydrogen) atoms. The molecule has 1 aliphatic carbocycles. The number of hydrogen-bond acceptors (Lipinski definition) is 4. The van der Waals surface area contributed by atoms with Gasteiger partial charge in [-0.2, -0.15) is 0 Å². The lowest BCUT2D eigenvalue weighted by Gasteiger charge is -2.25. The Morgan fingerprint density at radius 2 is 1.97 bits per heavy atom. The molecule has 1 aliphatic heterocycles. The molecule has 2 aromatic carbocycles. The maximum absolute atomic E-state index is 14.3. The molecule has 1 saturated heterocycles. The van der Waals surface area contributed by atoms with Crippen molar-refractivity contribution in [1.82, 2.24) is 14.5 Å². The number of aromatic nitrogens is 2. The molecule has 0 spiro atoms. The Labute approximate surface area is 203 Å². The van der Waals surface area contributed by atoms with E-state index < -0.39 is 0 Å². The third-order valence-corrected chi connectivity index (χ3v) is 6.48. The quantitative estimate of drug-likeness (QED) is 0.525. The summed E-state index contributed by atoms with van der Waals surface area (Å²) >= 11 is 0. The standard InChI is InChI=1S/C27H29FN4O3/c1-18-9-12-21(14-23(18)28)32-16-24(19-6-3-2-4-7-19)29-27(32)30-25(33)17-31(26(34)20-10-11-20)15-22-8-5-13-35-22/h2-4,6-7,9,12,14,16,20,22H,5,8,10-11,13,15,17H2,1H3,(H,29,30,33). The number of halogens is 1. The number of aryl methyl sites for hydroxylation is 1. The first-order valence-corrected chi connectivity index (χ1v) is 12.1. The van der Waals surface area contributed by atoms with E-state index >= 15 is 0 Å². The molecule has 7 nitrogen and oxygen atoms in total. The summed E-state index contributed by atoms with van der Waals surface area (Å²) in [4.78, 5) is 32.2. The largest absolute Gasteiger partial charge is 0.376 e. The Morgan fingerprint density at radius 3 is 2.66 bits per heavy atom. The Hall–Kier alpha value is -3.52. The fraction of sp³-hybridized carbons (Fsp3) is 0.370. The summed E-state index contributed by atoms with van der Waals surface area (Å²) in [6.45, 7) is 2.72. The summed E-state index contributed by atoms with van der Waals surface area (Å²) in [5.41, 5.74) is 2.60. The van der Waals surface area contributed by atoms with E-state index in [0.29, 0.717) is 30.1 Å². The number of amides is 2. The molecule has 8 heteroatoms. The molecule has 2 aliphatic rings. The van der Waals surface area contributed by atoms with E-state index in [9.17, 15) is 14.0 Å². The molecule has 0 bridgehead atoms. The molecule has 182 valence electrons. The topological polar surface area (TPSA) is 76.5 Å². The van der Waals surface area contributed by atoms with Crippen LogP contribution in [-0.2, 0) is 14.3 Å². The molecule has 3 aromatic rings. The van der Waals surface area contributed by atoms with E-state index in [1.54, 1.807) is 34.7 Å². The van der Waals surface area contributed by atoms with Crippen molar-refractivity contribution in [2.75, 3.05) is 25.0 Å². The number of carbonyl (C=O) groups is 2. The van der Waals surface area contributed by atoms with Crippen LogP contribution in [0.2, 0.25) is 0 Å². The van der Waals surface area contributed by atoms with Crippen LogP contribution in [0.4, 0.5) is 10.3 Å². The van der Waals surface area contributed by atoms with Crippen LogP contribution in [0.1, 0.15) is 31.2 Å². The molecule has 2 fully saturated rings. The number of benzene rings is 2. The average molecular weight is 477 g/mol. The molecule has 1 atom stereocenters. The number of nitrogens with one attached hydrogen (secondary N) is 1. The van der Waals surface area contributed by atoms with E-state index in [1.807, 2.05) is 30.3 Å². The van der Waals surface area contributed by atoms with Crippen LogP contribution in [0.25, 0.3) is 16.9 Å². The van der Waals surface area contributed by atoms with Gasteiger partial charge < -0.3 is 9.64 Å². The fourth-order valence-corrected chi connectivity index (χ4v) is 4.34. The van der Waals surface area contributed by atoms with Gasteiger partial charge in [-0.3, -0.25) is 19.5 Å². The highest BCUT2D eigenvalue weighted by Gasteiger charge is 2.35. The average Bonchev–Trinajstić information content (AvgIpc) is 3.43. The fourth-order valence-electron chi connectivity index (χ4n) is 4.34.